The van der Waals surface area contributed by atoms with Crippen LogP contribution >= 0.6 is 0 Å². The minimum atomic E-state index is -0.857. The van der Waals surface area contributed by atoms with Gasteiger partial charge in [-0.05, 0) is 74.3 Å². The molecule has 7 unspecified atom stereocenters. The normalized spacial score (nSPS) is 44.4. The second-order valence-electron chi connectivity index (χ2n) is 11.8. The molecule has 0 aromatic carbocycles. The van der Waals surface area contributed by atoms with E-state index >= 15 is 0 Å². The van der Waals surface area contributed by atoms with Crippen molar-refractivity contribution in [1.29, 1.82) is 0 Å². The molecular formula is C26H38O5. The minimum Gasteiger partial charge on any atom is -0.498 e. The van der Waals surface area contributed by atoms with Crippen molar-refractivity contribution in [3.63, 3.8) is 0 Å². The van der Waals surface area contributed by atoms with Crippen molar-refractivity contribution in [2.75, 3.05) is 6.61 Å². The third-order valence-corrected chi connectivity index (χ3v) is 9.08. The number of carbonyl (C=O) groups excluding carboxylic acids is 1. The summed E-state index contributed by atoms with van der Waals surface area (Å²) in [4.78, 5) is 13.7. The summed E-state index contributed by atoms with van der Waals surface area (Å²) >= 11 is 0. The highest BCUT2D eigenvalue weighted by atomic mass is 16.7. The van der Waals surface area contributed by atoms with Crippen molar-refractivity contribution in [1.82, 2.24) is 0 Å². The van der Waals surface area contributed by atoms with E-state index in [0.29, 0.717) is 12.0 Å². The number of hydrogen-bond acceptors (Lipinski definition) is 5. The van der Waals surface area contributed by atoms with E-state index in [1.807, 2.05) is 13.8 Å². The van der Waals surface area contributed by atoms with Crippen LogP contribution in [-0.4, -0.2) is 41.6 Å². The predicted molar refractivity (Wildman–Crippen MR) is 117 cm³/mol. The highest BCUT2D eigenvalue weighted by Crippen LogP contribution is 2.63. The van der Waals surface area contributed by atoms with Gasteiger partial charge >= 0.3 is 0 Å². The van der Waals surface area contributed by atoms with E-state index in [-0.39, 0.29) is 35.1 Å². The van der Waals surface area contributed by atoms with E-state index in [1.54, 1.807) is 0 Å². The van der Waals surface area contributed by atoms with Crippen LogP contribution < -0.4 is 0 Å². The Kier molecular flexibility index (Phi) is 4.83. The molecule has 0 amide bonds. The molecule has 3 aliphatic carbocycles. The molecule has 172 valence electrons. The molecule has 7 atom stereocenters. The van der Waals surface area contributed by atoms with Crippen LogP contribution in [0.2, 0.25) is 0 Å². The maximum Gasteiger partial charge on any atom is 0.170 e. The number of carbonyl (C=O) groups is 1. The van der Waals surface area contributed by atoms with E-state index < -0.39 is 23.4 Å². The van der Waals surface area contributed by atoms with Crippen LogP contribution in [0.25, 0.3) is 0 Å². The third-order valence-electron chi connectivity index (χ3n) is 9.08. The van der Waals surface area contributed by atoms with Crippen LogP contribution in [0.4, 0.5) is 0 Å². The second-order valence-corrected chi connectivity index (χ2v) is 11.8. The Hall–Kier alpha value is -1.17. The molecule has 5 rings (SSSR count). The average molecular weight is 431 g/mol. The van der Waals surface area contributed by atoms with Crippen molar-refractivity contribution in [3.05, 3.63) is 23.5 Å². The van der Waals surface area contributed by atoms with Gasteiger partial charge in [0.25, 0.3) is 0 Å². The zero-order valence-corrected chi connectivity index (χ0v) is 19.7. The molecule has 2 heterocycles. The van der Waals surface area contributed by atoms with Gasteiger partial charge in [0, 0.05) is 12.3 Å². The Balaban J connectivity index is 1.57. The van der Waals surface area contributed by atoms with Crippen LogP contribution in [0.3, 0.4) is 0 Å². The van der Waals surface area contributed by atoms with Gasteiger partial charge in [0.15, 0.2) is 11.6 Å². The summed E-state index contributed by atoms with van der Waals surface area (Å²) in [5.74, 6) is 0.305. The first kappa shape index (κ1) is 21.7. The Morgan fingerprint density at radius 1 is 1.16 bits per heavy atom. The van der Waals surface area contributed by atoms with Gasteiger partial charge in [-0.25, -0.2) is 0 Å². The van der Waals surface area contributed by atoms with Crippen LogP contribution in [0.5, 0.6) is 0 Å². The number of Topliss-reactive ketones (excluding diaryl/α,β-unsaturated/α-hetero) is 1. The number of hydrogen-bond donors (Lipinski definition) is 1. The lowest BCUT2D eigenvalue weighted by atomic mass is 9.57. The highest BCUT2D eigenvalue weighted by Gasteiger charge is 2.72. The van der Waals surface area contributed by atoms with Crippen molar-refractivity contribution in [2.45, 2.75) is 97.2 Å². The standard InChI is InChI=1S/C26H38O5/c1-14-9-10-17-15(2)21(28)26(14)22(17)30-25(5,6)31-23(26)20(27)18-12-19-16(8-7-11-29-19)13-24(18,3)4/h14,17-18,20,22-23,27H,2,7-13H2,1,3-6H3. The lowest BCUT2D eigenvalue weighted by molar-refractivity contribution is -0.370. The van der Waals surface area contributed by atoms with Gasteiger partial charge in [-0.3, -0.25) is 4.79 Å². The molecule has 1 N–H and O–H groups in total. The number of ether oxygens (including phenoxy) is 3. The van der Waals surface area contributed by atoms with Crippen molar-refractivity contribution >= 4 is 5.78 Å². The maximum atomic E-state index is 13.7. The molecule has 0 aromatic rings. The van der Waals surface area contributed by atoms with Gasteiger partial charge < -0.3 is 19.3 Å². The summed E-state index contributed by atoms with van der Waals surface area (Å²) in [6.45, 7) is 15.3. The molecule has 2 saturated carbocycles. The molecule has 0 aromatic heterocycles. The molecular weight excluding hydrogens is 392 g/mol. The number of aliphatic hydroxyl groups excluding tert-OH is 1. The lowest BCUT2D eigenvalue weighted by Gasteiger charge is -2.58. The fraction of sp³-hybridized carbons (Fsp3) is 0.808. The van der Waals surface area contributed by atoms with E-state index in [1.165, 1.54) is 5.57 Å². The van der Waals surface area contributed by atoms with Crippen LogP contribution in [-0.2, 0) is 19.0 Å². The lowest BCUT2D eigenvalue weighted by Crippen LogP contribution is -2.68. The highest BCUT2D eigenvalue weighted by molar-refractivity contribution is 6.04. The molecule has 1 saturated heterocycles. The summed E-state index contributed by atoms with van der Waals surface area (Å²) in [5, 5.41) is 12.0. The summed E-state index contributed by atoms with van der Waals surface area (Å²) in [7, 11) is 0. The summed E-state index contributed by atoms with van der Waals surface area (Å²) in [6.07, 6.45) is 3.96. The smallest absolute Gasteiger partial charge is 0.170 e. The average Bonchev–Trinajstić information content (AvgIpc) is 2.84. The van der Waals surface area contributed by atoms with Crippen LogP contribution in [0, 0.1) is 28.6 Å². The fourth-order valence-electron chi connectivity index (χ4n) is 7.49. The quantitative estimate of drug-likeness (QED) is 0.652. The van der Waals surface area contributed by atoms with E-state index in [4.69, 9.17) is 14.2 Å². The van der Waals surface area contributed by atoms with Gasteiger partial charge in [0.1, 0.15) is 6.10 Å². The van der Waals surface area contributed by atoms with Crippen molar-refractivity contribution < 1.29 is 24.1 Å². The first-order valence-electron chi connectivity index (χ1n) is 12.1. The molecule has 5 heteroatoms. The molecule has 31 heavy (non-hydrogen) atoms. The number of ketones is 1. The molecule has 2 aliphatic heterocycles. The van der Waals surface area contributed by atoms with Gasteiger partial charge in [-0.2, -0.15) is 0 Å². The zero-order chi connectivity index (χ0) is 22.3. The molecule has 5 nitrogen and oxygen atoms in total. The Morgan fingerprint density at radius 3 is 2.65 bits per heavy atom. The molecule has 3 fully saturated rings. The predicted octanol–water partition coefficient (Wildman–Crippen LogP) is 4.54. The monoisotopic (exact) mass is 430 g/mol. The third kappa shape index (κ3) is 2.95. The van der Waals surface area contributed by atoms with E-state index in [2.05, 4.69) is 27.4 Å². The van der Waals surface area contributed by atoms with Crippen LogP contribution in [0.15, 0.2) is 23.5 Å². The Labute approximate surface area is 186 Å². The molecule has 0 spiro atoms. The zero-order valence-electron chi connectivity index (χ0n) is 19.7. The second kappa shape index (κ2) is 6.91. The summed E-state index contributed by atoms with van der Waals surface area (Å²) in [6, 6.07) is 0. The topological polar surface area (TPSA) is 65.0 Å². The Morgan fingerprint density at radius 2 is 1.90 bits per heavy atom. The van der Waals surface area contributed by atoms with Crippen molar-refractivity contribution in [2.24, 2.45) is 28.6 Å². The van der Waals surface area contributed by atoms with Gasteiger partial charge in [0.05, 0.1) is 30.0 Å². The molecule has 2 bridgehead atoms. The Bertz CT molecular complexity index is 839. The fourth-order valence-corrected chi connectivity index (χ4v) is 7.49. The van der Waals surface area contributed by atoms with E-state index in [9.17, 15) is 9.90 Å². The molecule has 5 aliphatic rings. The number of aliphatic hydroxyl groups is 1. The number of rotatable bonds is 2. The largest absolute Gasteiger partial charge is 0.498 e. The van der Waals surface area contributed by atoms with E-state index in [0.717, 1.165) is 44.5 Å². The minimum absolute atomic E-state index is 0.0249. The maximum absolute atomic E-state index is 13.7. The first-order valence-corrected chi connectivity index (χ1v) is 12.1. The SMILES string of the molecule is C=C1C(=O)C23C(C)CCC1C2OC(C)(C)OC3C(O)C1CC2=C(CCCO2)CC1(C)C. The van der Waals surface area contributed by atoms with Gasteiger partial charge in [-0.1, -0.05) is 27.4 Å². The summed E-state index contributed by atoms with van der Waals surface area (Å²) in [5.41, 5.74) is 1.11. The molecule has 0 radical (unpaired) electrons. The van der Waals surface area contributed by atoms with Crippen LogP contribution in [0.1, 0.15) is 73.1 Å². The van der Waals surface area contributed by atoms with Gasteiger partial charge in [-0.15, -0.1) is 0 Å². The summed E-state index contributed by atoms with van der Waals surface area (Å²) < 4.78 is 19.0. The van der Waals surface area contributed by atoms with Gasteiger partial charge in [0.2, 0.25) is 0 Å². The first-order chi connectivity index (χ1) is 14.5. The number of allylic oxidation sites excluding steroid dienone is 2. The van der Waals surface area contributed by atoms with Crippen molar-refractivity contribution in [3.8, 4) is 0 Å².